The third kappa shape index (κ3) is 4.94. The molecule has 0 saturated carbocycles. The molecule has 30 heavy (non-hydrogen) atoms. The van der Waals surface area contributed by atoms with Crippen LogP contribution < -0.4 is 5.32 Å². The number of sulfonamides is 1. The van der Waals surface area contributed by atoms with Gasteiger partial charge in [-0.1, -0.05) is 24.6 Å². The smallest absolute Gasteiger partial charge is 0.243 e. The SMILES string of the molecule is Br.Cc1ccc(Nc2nc(-c3ccc(S(=O)(=O)N4CCCCC4)cc3)cs2)cc1C. The van der Waals surface area contributed by atoms with Crippen molar-refractivity contribution in [1.82, 2.24) is 9.29 Å². The topological polar surface area (TPSA) is 62.3 Å². The first kappa shape index (κ1) is 22.9. The Hall–Kier alpha value is -1.74. The average molecular weight is 509 g/mol. The summed E-state index contributed by atoms with van der Waals surface area (Å²) in [6.07, 6.45) is 2.98. The Morgan fingerprint density at radius 3 is 2.33 bits per heavy atom. The van der Waals surface area contributed by atoms with Crippen LogP contribution in [0.25, 0.3) is 11.3 Å². The summed E-state index contributed by atoms with van der Waals surface area (Å²) < 4.78 is 27.2. The number of aryl methyl sites for hydroxylation is 2. The van der Waals surface area contributed by atoms with Gasteiger partial charge in [0.05, 0.1) is 10.6 Å². The van der Waals surface area contributed by atoms with E-state index in [4.69, 9.17) is 0 Å². The number of piperidine rings is 1. The van der Waals surface area contributed by atoms with Crippen LogP contribution in [0.1, 0.15) is 30.4 Å². The largest absolute Gasteiger partial charge is 0.332 e. The summed E-state index contributed by atoms with van der Waals surface area (Å²) in [4.78, 5) is 5.01. The summed E-state index contributed by atoms with van der Waals surface area (Å²) in [6, 6.07) is 13.3. The third-order valence-electron chi connectivity index (χ3n) is 5.37. The molecule has 1 N–H and O–H groups in total. The quantitative estimate of drug-likeness (QED) is 0.465. The van der Waals surface area contributed by atoms with Crippen LogP contribution in [0.3, 0.4) is 0 Å². The van der Waals surface area contributed by atoms with Crippen LogP contribution in [0, 0.1) is 13.8 Å². The van der Waals surface area contributed by atoms with Gasteiger partial charge < -0.3 is 5.32 Å². The Morgan fingerprint density at radius 1 is 0.967 bits per heavy atom. The molecule has 160 valence electrons. The summed E-state index contributed by atoms with van der Waals surface area (Å²) in [5.41, 5.74) is 5.25. The minimum Gasteiger partial charge on any atom is -0.332 e. The molecule has 0 spiro atoms. The summed E-state index contributed by atoms with van der Waals surface area (Å²) in [5.74, 6) is 0. The monoisotopic (exact) mass is 507 g/mol. The lowest BCUT2D eigenvalue weighted by molar-refractivity contribution is 0.346. The van der Waals surface area contributed by atoms with Crippen LogP contribution in [-0.2, 0) is 10.0 Å². The second kappa shape index (κ2) is 9.60. The van der Waals surface area contributed by atoms with Gasteiger partial charge in [-0.15, -0.1) is 28.3 Å². The van der Waals surface area contributed by atoms with Crippen LogP contribution in [0.5, 0.6) is 0 Å². The lowest BCUT2D eigenvalue weighted by atomic mass is 10.1. The van der Waals surface area contributed by atoms with Gasteiger partial charge in [-0.2, -0.15) is 4.31 Å². The minimum atomic E-state index is -3.40. The molecule has 1 fully saturated rings. The van der Waals surface area contributed by atoms with E-state index in [0.29, 0.717) is 18.0 Å². The van der Waals surface area contributed by atoms with Crippen molar-refractivity contribution >= 4 is 49.2 Å². The van der Waals surface area contributed by atoms with Gasteiger partial charge in [0.1, 0.15) is 0 Å². The van der Waals surface area contributed by atoms with E-state index in [1.54, 1.807) is 16.4 Å². The number of hydrogen-bond donors (Lipinski definition) is 1. The number of aromatic nitrogens is 1. The number of halogens is 1. The Labute approximate surface area is 193 Å². The van der Waals surface area contributed by atoms with Crippen LogP contribution >= 0.6 is 28.3 Å². The number of benzene rings is 2. The predicted molar refractivity (Wildman–Crippen MR) is 130 cm³/mol. The zero-order valence-electron chi connectivity index (χ0n) is 17.1. The normalized spacial score (nSPS) is 14.9. The molecule has 2 heterocycles. The number of anilines is 2. The molecule has 1 aromatic heterocycles. The highest BCUT2D eigenvalue weighted by Gasteiger charge is 2.25. The molecule has 1 aliphatic rings. The van der Waals surface area contributed by atoms with Crippen molar-refractivity contribution in [3.8, 4) is 11.3 Å². The van der Waals surface area contributed by atoms with Gasteiger partial charge in [0.15, 0.2) is 5.13 Å². The van der Waals surface area contributed by atoms with Gasteiger partial charge in [0, 0.05) is 29.7 Å². The Kier molecular flexibility index (Phi) is 7.34. The second-order valence-corrected chi connectivity index (χ2v) is 10.2. The summed E-state index contributed by atoms with van der Waals surface area (Å²) in [6.45, 7) is 5.41. The predicted octanol–water partition coefficient (Wildman–Crippen LogP) is 5.92. The fourth-order valence-corrected chi connectivity index (χ4v) is 5.72. The number of thiazole rings is 1. The van der Waals surface area contributed by atoms with E-state index in [9.17, 15) is 8.42 Å². The van der Waals surface area contributed by atoms with Crippen molar-refractivity contribution in [2.75, 3.05) is 18.4 Å². The molecule has 1 aliphatic heterocycles. The van der Waals surface area contributed by atoms with Crippen molar-refractivity contribution < 1.29 is 8.42 Å². The first-order valence-corrected chi connectivity index (χ1v) is 12.2. The highest BCUT2D eigenvalue weighted by molar-refractivity contribution is 8.93. The van der Waals surface area contributed by atoms with Gasteiger partial charge in [-0.3, -0.25) is 0 Å². The van der Waals surface area contributed by atoms with Gasteiger partial charge >= 0.3 is 0 Å². The fourth-order valence-electron chi connectivity index (χ4n) is 3.46. The maximum atomic E-state index is 12.8. The average Bonchev–Trinajstić information content (AvgIpc) is 3.20. The molecular weight excluding hydrogens is 482 g/mol. The van der Waals surface area contributed by atoms with E-state index in [-0.39, 0.29) is 17.0 Å². The molecule has 4 rings (SSSR count). The maximum absolute atomic E-state index is 12.8. The van der Waals surface area contributed by atoms with E-state index < -0.39 is 10.0 Å². The van der Waals surface area contributed by atoms with Crippen LogP contribution in [0.4, 0.5) is 10.8 Å². The maximum Gasteiger partial charge on any atom is 0.243 e. The molecule has 5 nitrogen and oxygen atoms in total. The minimum absolute atomic E-state index is 0. The molecule has 0 unspecified atom stereocenters. The molecule has 0 atom stereocenters. The molecule has 3 aromatic rings. The Bertz CT molecular complexity index is 1110. The van der Waals surface area contributed by atoms with Crippen LogP contribution in [0.2, 0.25) is 0 Å². The van der Waals surface area contributed by atoms with Gasteiger partial charge in [0.25, 0.3) is 0 Å². The molecule has 0 radical (unpaired) electrons. The Balaban J connectivity index is 0.00000256. The third-order valence-corrected chi connectivity index (χ3v) is 8.04. The van der Waals surface area contributed by atoms with E-state index >= 15 is 0 Å². The second-order valence-electron chi connectivity index (χ2n) is 7.45. The zero-order valence-corrected chi connectivity index (χ0v) is 20.4. The number of nitrogens with one attached hydrogen (secondary N) is 1. The van der Waals surface area contributed by atoms with E-state index in [1.165, 1.54) is 22.5 Å². The van der Waals surface area contributed by atoms with Crippen molar-refractivity contribution in [2.45, 2.75) is 38.0 Å². The molecule has 0 aliphatic carbocycles. The van der Waals surface area contributed by atoms with Crippen LogP contribution in [0.15, 0.2) is 52.7 Å². The van der Waals surface area contributed by atoms with Crippen molar-refractivity contribution in [3.05, 3.63) is 59.0 Å². The standard InChI is InChI=1S/C22H25N3O2S2.BrH/c1-16-6-9-19(14-17(16)2)23-22-24-21(15-28-22)18-7-10-20(11-8-18)29(26,27)25-12-4-3-5-13-25;/h6-11,14-15H,3-5,12-13H2,1-2H3,(H,23,24);1H. The van der Waals surface area contributed by atoms with Gasteiger partial charge in [-0.25, -0.2) is 13.4 Å². The van der Waals surface area contributed by atoms with Crippen molar-refractivity contribution in [1.29, 1.82) is 0 Å². The number of rotatable bonds is 5. The highest BCUT2D eigenvalue weighted by Crippen LogP contribution is 2.29. The Morgan fingerprint density at radius 2 is 1.67 bits per heavy atom. The first-order chi connectivity index (χ1) is 13.9. The molecule has 8 heteroatoms. The highest BCUT2D eigenvalue weighted by atomic mass is 79.9. The molecular formula is C22H26BrN3O2S2. The van der Waals surface area contributed by atoms with Crippen molar-refractivity contribution in [3.63, 3.8) is 0 Å². The number of nitrogens with zero attached hydrogens (tertiary/aromatic N) is 2. The molecule has 2 aromatic carbocycles. The van der Waals surface area contributed by atoms with Crippen molar-refractivity contribution in [2.24, 2.45) is 0 Å². The zero-order chi connectivity index (χ0) is 20.4. The summed E-state index contributed by atoms with van der Waals surface area (Å²) in [5, 5.41) is 6.14. The van der Waals surface area contributed by atoms with Gasteiger partial charge in [0.2, 0.25) is 10.0 Å². The number of hydrogen-bond acceptors (Lipinski definition) is 5. The van der Waals surface area contributed by atoms with E-state index in [0.717, 1.165) is 41.3 Å². The van der Waals surface area contributed by atoms with E-state index in [1.807, 2.05) is 23.6 Å². The molecule has 1 saturated heterocycles. The summed E-state index contributed by atoms with van der Waals surface area (Å²) in [7, 11) is -3.40. The molecule has 0 amide bonds. The lowest BCUT2D eigenvalue weighted by Gasteiger charge is -2.25. The fraction of sp³-hybridized carbons (Fsp3) is 0.318. The van der Waals surface area contributed by atoms with Crippen LogP contribution in [-0.4, -0.2) is 30.8 Å². The van der Waals surface area contributed by atoms with E-state index in [2.05, 4.69) is 36.3 Å². The lowest BCUT2D eigenvalue weighted by Crippen LogP contribution is -2.35. The summed E-state index contributed by atoms with van der Waals surface area (Å²) >= 11 is 1.53. The molecule has 0 bridgehead atoms. The first-order valence-electron chi connectivity index (χ1n) is 9.84. The van der Waals surface area contributed by atoms with Gasteiger partial charge in [-0.05, 0) is 62.1 Å².